The number of rotatable bonds is 6. The summed E-state index contributed by atoms with van der Waals surface area (Å²) >= 11 is 6.09. The number of nitrogens with one attached hydrogen (secondary N) is 1. The highest BCUT2D eigenvalue weighted by Gasteiger charge is 2.13. The summed E-state index contributed by atoms with van der Waals surface area (Å²) in [6.07, 6.45) is -0.633. The Morgan fingerprint density at radius 1 is 1.19 bits per heavy atom. The van der Waals surface area contributed by atoms with Gasteiger partial charge in [-0.3, -0.25) is 0 Å². The molecule has 0 heterocycles. The van der Waals surface area contributed by atoms with Crippen LogP contribution in [0.25, 0.3) is 0 Å². The Balaban J connectivity index is 1.97. The van der Waals surface area contributed by atoms with Crippen LogP contribution in [-0.2, 0) is 0 Å². The van der Waals surface area contributed by atoms with E-state index in [9.17, 15) is 5.11 Å². The third kappa shape index (κ3) is 4.21. The highest BCUT2D eigenvalue weighted by Crippen LogP contribution is 2.23. The number of aliphatic hydroxyl groups is 1. The first-order chi connectivity index (χ1) is 10.1. The summed E-state index contributed by atoms with van der Waals surface area (Å²) in [6.45, 7) is 2.48. The predicted octanol–water partition coefficient (Wildman–Crippen LogP) is 3.73. The first kappa shape index (κ1) is 15.8. The molecule has 0 amide bonds. The molecule has 2 aromatic rings. The van der Waals surface area contributed by atoms with E-state index >= 15 is 0 Å². The Morgan fingerprint density at radius 2 is 1.95 bits per heavy atom. The molecular formula is C17H20ClNO2. The van der Waals surface area contributed by atoms with Crippen molar-refractivity contribution in [2.24, 2.45) is 0 Å². The maximum Gasteiger partial charge on any atom is 0.119 e. The molecule has 0 aliphatic heterocycles. The second kappa shape index (κ2) is 7.46. The molecule has 21 heavy (non-hydrogen) atoms. The van der Waals surface area contributed by atoms with Crippen molar-refractivity contribution in [3.8, 4) is 5.75 Å². The van der Waals surface area contributed by atoms with E-state index in [1.54, 1.807) is 13.2 Å². The molecular weight excluding hydrogens is 286 g/mol. The lowest BCUT2D eigenvalue weighted by molar-refractivity contribution is 0.171. The molecule has 4 heteroatoms. The van der Waals surface area contributed by atoms with Crippen LogP contribution in [-0.4, -0.2) is 18.8 Å². The zero-order chi connectivity index (χ0) is 15.2. The Labute approximate surface area is 130 Å². The van der Waals surface area contributed by atoms with E-state index in [-0.39, 0.29) is 6.04 Å². The quantitative estimate of drug-likeness (QED) is 0.854. The van der Waals surface area contributed by atoms with Gasteiger partial charge in [-0.15, -0.1) is 0 Å². The number of aliphatic hydroxyl groups excluding tert-OH is 1. The molecule has 2 aromatic carbocycles. The molecule has 0 fully saturated rings. The van der Waals surface area contributed by atoms with Gasteiger partial charge in [0.2, 0.25) is 0 Å². The van der Waals surface area contributed by atoms with Gasteiger partial charge in [0.05, 0.1) is 13.2 Å². The van der Waals surface area contributed by atoms with Gasteiger partial charge in [0.1, 0.15) is 5.75 Å². The van der Waals surface area contributed by atoms with Gasteiger partial charge >= 0.3 is 0 Å². The molecule has 0 aromatic heterocycles. The number of halogens is 1. The van der Waals surface area contributed by atoms with Crippen molar-refractivity contribution in [3.63, 3.8) is 0 Å². The molecule has 112 valence electrons. The fraction of sp³-hybridized carbons (Fsp3) is 0.294. The molecule has 0 saturated heterocycles. The third-order valence-electron chi connectivity index (χ3n) is 3.48. The topological polar surface area (TPSA) is 41.5 Å². The van der Waals surface area contributed by atoms with Crippen molar-refractivity contribution < 1.29 is 9.84 Å². The molecule has 0 aliphatic carbocycles. The summed E-state index contributed by atoms with van der Waals surface area (Å²) in [6, 6.07) is 15.3. The van der Waals surface area contributed by atoms with Crippen LogP contribution in [0.3, 0.4) is 0 Å². The molecule has 0 radical (unpaired) electrons. The second-order valence-electron chi connectivity index (χ2n) is 4.94. The zero-order valence-electron chi connectivity index (χ0n) is 12.2. The van der Waals surface area contributed by atoms with Crippen molar-refractivity contribution in [2.45, 2.75) is 19.1 Å². The lowest BCUT2D eigenvalue weighted by atomic mass is 10.1. The van der Waals surface area contributed by atoms with Gasteiger partial charge in [-0.2, -0.15) is 0 Å². The monoisotopic (exact) mass is 305 g/mol. The van der Waals surface area contributed by atoms with E-state index in [1.807, 2.05) is 49.4 Å². The molecule has 0 aliphatic rings. The van der Waals surface area contributed by atoms with Crippen molar-refractivity contribution >= 4 is 11.6 Å². The van der Waals surface area contributed by atoms with Crippen LogP contribution in [0.4, 0.5) is 0 Å². The van der Waals surface area contributed by atoms with Gasteiger partial charge in [0, 0.05) is 23.2 Å². The zero-order valence-corrected chi connectivity index (χ0v) is 13.0. The first-order valence-corrected chi connectivity index (χ1v) is 7.29. The number of hydrogen-bond acceptors (Lipinski definition) is 3. The summed E-state index contributed by atoms with van der Waals surface area (Å²) in [5, 5.41) is 14.1. The Bertz CT molecular complexity index is 589. The highest BCUT2D eigenvalue weighted by atomic mass is 35.5. The van der Waals surface area contributed by atoms with Gasteiger partial charge in [-0.1, -0.05) is 41.9 Å². The molecule has 0 saturated carbocycles. The maximum atomic E-state index is 10.2. The van der Waals surface area contributed by atoms with Crippen molar-refractivity contribution in [3.05, 3.63) is 64.7 Å². The normalized spacial score (nSPS) is 13.7. The fourth-order valence-corrected chi connectivity index (χ4v) is 2.43. The average molecular weight is 306 g/mol. The van der Waals surface area contributed by atoms with Crippen LogP contribution < -0.4 is 10.1 Å². The van der Waals surface area contributed by atoms with Crippen molar-refractivity contribution in [1.29, 1.82) is 0 Å². The van der Waals surface area contributed by atoms with Crippen LogP contribution in [0.5, 0.6) is 5.75 Å². The molecule has 2 unspecified atom stereocenters. The molecule has 0 spiro atoms. The van der Waals surface area contributed by atoms with E-state index in [1.165, 1.54) is 0 Å². The largest absolute Gasteiger partial charge is 0.497 e. The molecule has 0 bridgehead atoms. The van der Waals surface area contributed by atoms with Crippen molar-refractivity contribution in [2.75, 3.05) is 13.7 Å². The van der Waals surface area contributed by atoms with E-state index in [4.69, 9.17) is 16.3 Å². The van der Waals surface area contributed by atoms with Crippen LogP contribution in [0.1, 0.15) is 30.2 Å². The summed E-state index contributed by atoms with van der Waals surface area (Å²) in [5.74, 6) is 0.827. The minimum absolute atomic E-state index is 0.109. The number of benzene rings is 2. The Hall–Kier alpha value is -1.55. The van der Waals surface area contributed by atoms with E-state index in [0.29, 0.717) is 11.6 Å². The van der Waals surface area contributed by atoms with Crippen molar-refractivity contribution in [1.82, 2.24) is 5.32 Å². The number of hydrogen-bond donors (Lipinski definition) is 2. The summed E-state index contributed by atoms with van der Waals surface area (Å²) in [7, 11) is 1.65. The van der Waals surface area contributed by atoms with Crippen LogP contribution in [0.2, 0.25) is 5.02 Å². The van der Waals surface area contributed by atoms with E-state index in [0.717, 1.165) is 16.9 Å². The molecule has 2 N–H and O–H groups in total. The minimum atomic E-state index is -0.633. The average Bonchev–Trinajstić information content (AvgIpc) is 2.52. The van der Waals surface area contributed by atoms with Gasteiger partial charge in [0.25, 0.3) is 0 Å². The summed E-state index contributed by atoms with van der Waals surface area (Å²) in [4.78, 5) is 0. The van der Waals surface area contributed by atoms with Gasteiger partial charge in [0.15, 0.2) is 0 Å². The van der Waals surface area contributed by atoms with Gasteiger partial charge < -0.3 is 15.2 Å². The maximum absolute atomic E-state index is 10.2. The molecule has 3 nitrogen and oxygen atoms in total. The second-order valence-corrected chi connectivity index (χ2v) is 5.35. The molecule has 2 rings (SSSR count). The summed E-state index contributed by atoms with van der Waals surface area (Å²) in [5.41, 5.74) is 1.85. The Kier molecular flexibility index (Phi) is 5.62. The molecule has 2 atom stereocenters. The van der Waals surface area contributed by atoms with E-state index < -0.39 is 6.10 Å². The van der Waals surface area contributed by atoms with E-state index in [2.05, 4.69) is 5.32 Å². The highest BCUT2D eigenvalue weighted by molar-refractivity contribution is 6.31. The van der Waals surface area contributed by atoms with Gasteiger partial charge in [-0.25, -0.2) is 0 Å². The smallest absolute Gasteiger partial charge is 0.119 e. The fourth-order valence-electron chi connectivity index (χ4n) is 2.17. The number of methoxy groups -OCH3 is 1. The Morgan fingerprint density at radius 3 is 2.67 bits per heavy atom. The summed E-state index contributed by atoms with van der Waals surface area (Å²) < 4.78 is 5.22. The van der Waals surface area contributed by atoms with Gasteiger partial charge in [-0.05, 0) is 30.7 Å². The standard InChI is InChI=1S/C17H20ClNO2/c1-12(13-6-5-7-14(10-13)21-2)19-11-17(20)15-8-3-4-9-16(15)18/h3-10,12,17,19-20H,11H2,1-2H3. The third-order valence-corrected chi connectivity index (χ3v) is 3.82. The number of ether oxygens (including phenoxy) is 1. The first-order valence-electron chi connectivity index (χ1n) is 6.91. The minimum Gasteiger partial charge on any atom is -0.497 e. The lowest BCUT2D eigenvalue weighted by Crippen LogP contribution is -2.24. The van der Waals surface area contributed by atoms with Crippen LogP contribution in [0.15, 0.2) is 48.5 Å². The predicted molar refractivity (Wildman–Crippen MR) is 85.8 cm³/mol. The SMILES string of the molecule is COc1cccc(C(C)NCC(O)c2ccccc2Cl)c1. The van der Waals surface area contributed by atoms with Crippen LogP contribution >= 0.6 is 11.6 Å². The van der Waals surface area contributed by atoms with Crippen LogP contribution in [0, 0.1) is 0 Å². The lowest BCUT2D eigenvalue weighted by Gasteiger charge is -2.19.